The highest BCUT2D eigenvalue weighted by Crippen LogP contribution is 2.33. The first-order chi connectivity index (χ1) is 12.6. The van der Waals surface area contributed by atoms with Gasteiger partial charge in [0.2, 0.25) is 0 Å². The Kier molecular flexibility index (Phi) is 4.88. The molecule has 0 saturated carbocycles. The zero-order valence-electron chi connectivity index (χ0n) is 15.0. The first-order valence-corrected chi connectivity index (χ1v) is 7.93. The number of carbonyl (C=O) groups excluding carboxylic acids is 1. The predicted molar refractivity (Wildman–Crippen MR) is 96.8 cm³/mol. The molecule has 3 rings (SSSR count). The van der Waals surface area contributed by atoms with Crippen molar-refractivity contribution in [1.82, 2.24) is 10.1 Å². The lowest BCUT2D eigenvalue weighted by Crippen LogP contribution is -2.27. The summed E-state index contributed by atoms with van der Waals surface area (Å²) in [5, 5.41) is 4.04. The standard InChI is InChI=1S/C19H19N3O4/c1-12-17(18(21-26-12)13-6-5-9-20-11-13)19(23)22(2)14-7-8-15(24-3)16(10-14)25-4/h5-11H,1-4H3. The van der Waals surface area contributed by atoms with Crippen molar-refractivity contribution in [3.8, 4) is 22.8 Å². The molecule has 0 saturated heterocycles. The van der Waals surface area contributed by atoms with Gasteiger partial charge in [-0.1, -0.05) is 5.16 Å². The number of nitrogens with zero attached hydrogens (tertiary/aromatic N) is 3. The van der Waals surface area contributed by atoms with Crippen molar-refractivity contribution in [1.29, 1.82) is 0 Å². The van der Waals surface area contributed by atoms with Gasteiger partial charge in [-0.05, 0) is 31.2 Å². The molecule has 0 bridgehead atoms. The molecule has 0 aliphatic carbocycles. The second kappa shape index (κ2) is 7.26. The molecule has 0 spiro atoms. The number of hydrogen-bond acceptors (Lipinski definition) is 6. The van der Waals surface area contributed by atoms with Crippen LogP contribution in [0.3, 0.4) is 0 Å². The Morgan fingerprint density at radius 2 is 1.92 bits per heavy atom. The van der Waals surface area contributed by atoms with Gasteiger partial charge in [0.25, 0.3) is 5.91 Å². The van der Waals surface area contributed by atoms with Crippen LogP contribution in [0.5, 0.6) is 11.5 Å². The number of hydrogen-bond donors (Lipinski definition) is 0. The van der Waals surface area contributed by atoms with Crippen molar-refractivity contribution in [2.45, 2.75) is 6.92 Å². The van der Waals surface area contributed by atoms with E-state index in [4.69, 9.17) is 14.0 Å². The van der Waals surface area contributed by atoms with E-state index >= 15 is 0 Å². The summed E-state index contributed by atoms with van der Waals surface area (Å²) in [5.41, 5.74) is 2.24. The fraction of sp³-hybridized carbons (Fsp3) is 0.211. The second-order valence-corrected chi connectivity index (χ2v) is 5.61. The molecule has 0 radical (unpaired) electrons. The maximum absolute atomic E-state index is 13.1. The van der Waals surface area contributed by atoms with E-state index < -0.39 is 0 Å². The molecular formula is C19H19N3O4. The summed E-state index contributed by atoms with van der Waals surface area (Å²) >= 11 is 0. The highest BCUT2D eigenvalue weighted by Gasteiger charge is 2.25. The fourth-order valence-corrected chi connectivity index (χ4v) is 2.64. The van der Waals surface area contributed by atoms with Crippen LogP contribution in [-0.4, -0.2) is 37.3 Å². The van der Waals surface area contributed by atoms with Gasteiger partial charge in [0, 0.05) is 36.8 Å². The van der Waals surface area contributed by atoms with Crippen LogP contribution in [0.25, 0.3) is 11.3 Å². The quantitative estimate of drug-likeness (QED) is 0.700. The van der Waals surface area contributed by atoms with Gasteiger partial charge in [-0.3, -0.25) is 9.78 Å². The average molecular weight is 353 g/mol. The normalized spacial score (nSPS) is 10.5. The van der Waals surface area contributed by atoms with Gasteiger partial charge in [0.1, 0.15) is 17.0 Å². The third kappa shape index (κ3) is 3.11. The van der Waals surface area contributed by atoms with Gasteiger partial charge < -0.3 is 18.9 Å². The van der Waals surface area contributed by atoms with Crippen LogP contribution in [0.2, 0.25) is 0 Å². The number of rotatable bonds is 5. The zero-order chi connectivity index (χ0) is 18.7. The van der Waals surface area contributed by atoms with E-state index in [1.54, 1.807) is 64.9 Å². The highest BCUT2D eigenvalue weighted by molar-refractivity contribution is 6.10. The SMILES string of the molecule is COc1ccc(N(C)C(=O)c2c(-c3cccnc3)noc2C)cc1OC. The van der Waals surface area contributed by atoms with Gasteiger partial charge >= 0.3 is 0 Å². The van der Waals surface area contributed by atoms with Crippen LogP contribution < -0.4 is 14.4 Å². The maximum Gasteiger partial charge on any atom is 0.263 e. The number of pyridine rings is 1. The van der Waals surface area contributed by atoms with Crippen LogP contribution >= 0.6 is 0 Å². The lowest BCUT2D eigenvalue weighted by atomic mass is 10.1. The largest absolute Gasteiger partial charge is 0.493 e. The molecule has 7 nitrogen and oxygen atoms in total. The van der Waals surface area contributed by atoms with Gasteiger partial charge in [0.15, 0.2) is 11.5 Å². The Hall–Kier alpha value is -3.35. The van der Waals surface area contributed by atoms with Crippen LogP contribution in [0, 0.1) is 6.92 Å². The van der Waals surface area contributed by atoms with E-state index in [2.05, 4.69) is 10.1 Å². The summed E-state index contributed by atoms with van der Waals surface area (Å²) < 4.78 is 15.8. The van der Waals surface area contributed by atoms with Crippen molar-refractivity contribution in [2.24, 2.45) is 0 Å². The Bertz CT molecular complexity index is 922. The minimum absolute atomic E-state index is 0.241. The van der Waals surface area contributed by atoms with Gasteiger partial charge in [-0.2, -0.15) is 0 Å². The minimum atomic E-state index is -0.241. The van der Waals surface area contributed by atoms with Crippen molar-refractivity contribution >= 4 is 11.6 Å². The van der Waals surface area contributed by atoms with Crippen LogP contribution in [0.4, 0.5) is 5.69 Å². The summed E-state index contributed by atoms with van der Waals surface area (Å²) in [4.78, 5) is 18.7. The Labute approximate surface area is 151 Å². The molecule has 0 fully saturated rings. The molecule has 7 heteroatoms. The summed E-state index contributed by atoms with van der Waals surface area (Å²) in [6.45, 7) is 1.71. The number of methoxy groups -OCH3 is 2. The number of anilines is 1. The Morgan fingerprint density at radius 1 is 1.15 bits per heavy atom. The van der Waals surface area contributed by atoms with Crippen molar-refractivity contribution in [3.63, 3.8) is 0 Å². The number of benzene rings is 1. The predicted octanol–water partition coefficient (Wildman–Crippen LogP) is 3.34. The van der Waals surface area contributed by atoms with Gasteiger partial charge in [-0.25, -0.2) is 0 Å². The summed E-state index contributed by atoms with van der Waals surface area (Å²) in [6, 6.07) is 8.89. The lowest BCUT2D eigenvalue weighted by Gasteiger charge is -2.19. The molecule has 2 heterocycles. The first kappa shape index (κ1) is 17.5. The smallest absolute Gasteiger partial charge is 0.263 e. The molecule has 134 valence electrons. The molecule has 0 atom stereocenters. The molecule has 2 aromatic heterocycles. The molecule has 26 heavy (non-hydrogen) atoms. The van der Waals surface area contributed by atoms with E-state index in [1.165, 1.54) is 4.90 Å². The van der Waals surface area contributed by atoms with Gasteiger partial charge in [0.05, 0.1) is 14.2 Å². The molecule has 0 unspecified atom stereocenters. The van der Waals surface area contributed by atoms with Crippen LogP contribution in [-0.2, 0) is 0 Å². The fourth-order valence-electron chi connectivity index (χ4n) is 2.64. The molecule has 1 aromatic carbocycles. The summed E-state index contributed by atoms with van der Waals surface area (Å²) in [5.74, 6) is 1.34. The first-order valence-electron chi connectivity index (χ1n) is 7.93. The van der Waals surface area contributed by atoms with Gasteiger partial charge in [-0.15, -0.1) is 0 Å². The third-order valence-corrected chi connectivity index (χ3v) is 4.07. The van der Waals surface area contributed by atoms with Crippen LogP contribution in [0.15, 0.2) is 47.2 Å². The molecule has 1 amide bonds. The molecule has 0 aliphatic rings. The topological polar surface area (TPSA) is 77.7 Å². The Balaban J connectivity index is 1.99. The number of aromatic nitrogens is 2. The minimum Gasteiger partial charge on any atom is -0.493 e. The number of ether oxygens (including phenoxy) is 2. The summed E-state index contributed by atoms with van der Waals surface area (Å²) in [7, 11) is 4.80. The van der Waals surface area contributed by atoms with E-state index in [0.717, 1.165) is 0 Å². The van der Waals surface area contributed by atoms with E-state index in [-0.39, 0.29) is 5.91 Å². The monoisotopic (exact) mass is 353 g/mol. The van der Waals surface area contributed by atoms with Crippen molar-refractivity contribution in [2.75, 3.05) is 26.2 Å². The second-order valence-electron chi connectivity index (χ2n) is 5.61. The Morgan fingerprint density at radius 3 is 2.58 bits per heavy atom. The molecular weight excluding hydrogens is 334 g/mol. The highest BCUT2D eigenvalue weighted by atomic mass is 16.5. The number of carbonyl (C=O) groups is 1. The average Bonchev–Trinajstić information content (AvgIpc) is 3.08. The number of aryl methyl sites for hydroxylation is 1. The lowest BCUT2D eigenvalue weighted by molar-refractivity contribution is 0.0992. The zero-order valence-corrected chi connectivity index (χ0v) is 15.0. The molecule has 3 aromatic rings. The van der Waals surface area contributed by atoms with Crippen molar-refractivity contribution < 1.29 is 18.8 Å². The maximum atomic E-state index is 13.1. The van der Waals surface area contributed by atoms with E-state index in [1.807, 2.05) is 6.07 Å². The van der Waals surface area contributed by atoms with E-state index in [0.29, 0.717) is 39.8 Å². The van der Waals surface area contributed by atoms with Crippen molar-refractivity contribution in [3.05, 3.63) is 54.0 Å². The van der Waals surface area contributed by atoms with Crippen LogP contribution in [0.1, 0.15) is 16.1 Å². The molecule has 0 aliphatic heterocycles. The summed E-state index contributed by atoms with van der Waals surface area (Å²) in [6.07, 6.45) is 3.30. The molecule has 0 N–H and O–H groups in total. The third-order valence-electron chi connectivity index (χ3n) is 4.07. The number of amides is 1. The van der Waals surface area contributed by atoms with E-state index in [9.17, 15) is 4.79 Å².